The molecule has 0 saturated heterocycles. The lowest BCUT2D eigenvalue weighted by atomic mass is 10.5. The van der Waals surface area contributed by atoms with E-state index in [0.717, 1.165) is 0 Å². The molecule has 0 amide bonds. The number of rotatable bonds is 4. The van der Waals surface area contributed by atoms with E-state index in [2.05, 4.69) is 0 Å². The van der Waals surface area contributed by atoms with Crippen molar-refractivity contribution in [2.45, 2.75) is 0 Å². The maximum Gasteiger partial charge on any atom is 0.328 e. The number of carboxylic acids is 4. The zero-order valence-electron chi connectivity index (χ0n) is 9.23. The third-order valence-electron chi connectivity index (χ3n) is 0.737. The van der Waals surface area contributed by atoms with Crippen LogP contribution in [0.5, 0.6) is 0 Å². The first-order valence-corrected chi connectivity index (χ1v) is 3.53. The van der Waals surface area contributed by atoms with Crippen molar-refractivity contribution >= 4 is 23.9 Å². The standard InChI is InChI=1S/2C4H4O4.3H2O/c2*5-3(6)1-2-4(7)8;;;/h2*1-2H,(H,5,6)(H,7,8);3*1H2/b2*2-1-;;;. The molecule has 0 atom stereocenters. The lowest BCUT2D eigenvalue weighted by Crippen LogP contribution is -1.91. The maximum atomic E-state index is 9.55. The summed E-state index contributed by atoms with van der Waals surface area (Å²) in [6, 6.07) is 0. The van der Waals surface area contributed by atoms with Crippen LogP contribution in [0, 0.1) is 0 Å². The largest absolute Gasteiger partial charge is 0.478 e. The third kappa shape index (κ3) is 51.0. The summed E-state index contributed by atoms with van der Waals surface area (Å²) < 4.78 is 0. The van der Waals surface area contributed by atoms with Gasteiger partial charge in [-0.15, -0.1) is 0 Å². The second-order valence-corrected chi connectivity index (χ2v) is 2.02. The Labute approximate surface area is 105 Å². The summed E-state index contributed by atoms with van der Waals surface area (Å²) in [7, 11) is 0. The van der Waals surface area contributed by atoms with Crippen LogP contribution in [0.4, 0.5) is 0 Å². The summed E-state index contributed by atoms with van der Waals surface area (Å²) in [5.41, 5.74) is 0. The molecule has 19 heavy (non-hydrogen) atoms. The van der Waals surface area contributed by atoms with Crippen molar-refractivity contribution in [1.82, 2.24) is 0 Å². The zero-order chi connectivity index (χ0) is 13.1. The summed E-state index contributed by atoms with van der Waals surface area (Å²) in [5.74, 6) is -5.03. The van der Waals surface area contributed by atoms with E-state index in [1.54, 1.807) is 0 Å². The van der Waals surface area contributed by atoms with Crippen LogP contribution in [0.1, 0.15) is 0 Å². The molecule has 0 fully saturated rings. The Kier molecular flexibility index (Phi) is 27.7. The fourth-order valence-electron chi connectivity index (χ4n) is 0.285. The van der Waals surface area contributed by atoms with Crippen molar-refractivity contribution in [3.63, 3.8) is 0 Å². The predicted octanol–water partition coefficient (Wildman–Crippen LogP) is -3.05. The first-order valence-electron chi connectivity index (χ1n) is 3.53. The minimum atomic E-state index is -1.26. The molecule has 112 valence electrons. The van der Waals surface area contributed by atoms with Crippen molar-refractivity contribution in [1.29, 1.82) is 0 Å². The van der Waals surface area contributed by atoms with E-state index in [4.69, 9.17) is 20.4 Å². The van der Waals surface area contributed by atoms with Gasteiger partial charge in [-0.25, -0.2) is 19.2 Å². The quantitative estimate of drug-likeness (QED) is 0.385. The first-order chi connectivity index (χ1) is 7.25. The van der Waals surface area contributed by atoms with E-state index in [1.165, 1.54) is 0 Å². The Balaban J connectivity index is -0.0000000594. The molecule has 0 aliphatic heterocycles. The Morgan fingerprint density at radius 3 is 0.632 bits per heavy atom. The first kappa shape index (κ1) is 29.9. The van der Waals surface area contributed by atoms with E-state index in [1.807, 2.05) is 0 Å². The molecule has 0 unspecified atom stereocenters. The molecule has 0 bridgehead atoms. The lowest BCUT2D eigenvalue weighted by Gasteiger charge is -1.74. The van der Waals surface area contributed by atoms with E-state index in [9.17, 15) is 19.2 Å². The number of carbonyl (C=O) groups is 4. The van der Waals surface area contributed by atoms with Gasteiger partial charge in [0.25, 0.3) is 0 Å². The number of aliphatic carboxylic acids is 4. The van der Waals surface area contributed by atoms with Gasteiger partial charge in [0, 0.05) is 24.3 Å². The number of hydrogen-bond acceptors (Lipinski definition) is 4. The van der Waals surface area contributed by atoms with Crippen LogP contribution in [0.3, 0.4) is 0 Å². The Morgan fingerprint density at radius 2 is 0.579 bits per heavy atom. The lowest BCUT2D eigenvalue weighted by molar-refractivity contribution is -0.134. The molecule has 0 saturated carbocycles. The molecular formula is C8H14O11. The van der Waals surface area contributed by atoms with Gasteiger partial charge in [0.2, 0.25) is 0 Å². The van der Waals surface area contributed by atoms with E-state index >= 15 is 0 Å². The summed E-state index contributed by atoms with van der Waals surface area (Å²) in [6.45, 7) is 0. The molecule has 11 nitrogen and oxygen atoms in total. The minimum absolute atomic E-state index is 0. The van der Waals surface area contributed by atoms with Crippen molar-refractivity contribution in [2.75, 3.05) is 0 Å². The molecule has 0 rings (SSSR count). The van der Waals surface area contributed by atoms with E-state index in [0.29, 0.717) is 24.3 Å². The van der Waals surface area contributed by atoms with Gasteiger partial charge < -0.3 is 36.9 Å². The third-order valence-corrected chi connectivity index (χ3v) is 0.737. The molecule has 0 aliphatic carbocycles. The minimum Gasteiger partial charge on any atom is -0.478 e. The predicted molar refractivity (Wildman–Crippen MR) is 59.7 cm³/mol. The van der Waals surface area contributed by atoms with Crippen LogP contribution in [-0.2, 0) is 19.2 Å². The SMILES string of the molecule is O.O.O.O=C(O)/C=C\C(=O)O.O=C(O)/C=C\C(=O)O. The topological polar surface area (TPSA) is 244 Å². The molecule has 11 heteroatoms. The average molecular weight is 286 g/mol. The normalized spacial score (nSPS) is 8.00. The number of carboxylic acid groups (broad SMARTS) is 4. The van der Waals surface area contributed by atoms with Crippen LogP contribution < -0.4 is 0 Å². The van der Waals surface area contributed by atoms with Gasteiger partial charge in [-0.3, -0.25) is 0 Å². The van der Waals surface area contributed by atoms with E-state index < -0.39 is 23.9 Å². The highest BCUT2D eigenvalue weighted by Crippen LogP contribution is 1.71. The smallest absolute Gasteiger partial charge is 0.328 e. The summed E-state index contributed by atoms with van der Waals surface area (Å²) in [5, 5.41) is 31.2. The van der Waals surface area contributed by atoms with Crippen LogP contribution in [-0.4, -0.2) is 60.7 Å². The second kappa shape index (κ2) is 17.6. The van der Waals surface area contributed by atoms with Crippen molar-refractivity contribution < 1.29 is 56.0 Å². The van der Waals surface area contributed by atoms with Gasteiger partial charge >= 0.3 is 23.9 Å². The van der Waals surface area contributed by atoms with Gasteiger partial charge in [0.05, 0.1) is 0 Å². The fourth-order valence-corrected chi connectivity index (χ4v) is 0.285. The molecule has 10 N–H and O–H groups in total. The molecular weight excluding hydrogens is 272 g/mol. The Hall–Kier alpha value is -2.76. The maximum absolute atomic E-state index is 9.55. The van der Waals surface area contributed by atoms with Crippen LogP contribution >= 0.6 is 0 Å². The summed E-state index contributed by atoms with van der Waals surface area (Å²) in [6.07, 6.45) is 2.23. The van der Waals surface area contributed by atoms with Gasteiger partial charge in [-0.1, -0.05) is 0 Å². The van der Waals surface area contributed by atoms with E-state index in [-0.39, 0.29) is 16.4 Å². The molecule has 0 aromatic carbocycles. The van der Waals surface area contributed by atoms with Gasteiger partial charge in [0.15, 0.2) is 0 Å². The monoisotopic (exact) mass is 286 g/mol. The highest BCUT2D eigenvalue weighted by molar-refractivity contribution is 5.90. The summed E-state index contributed by atoms with van der Waals surface area (Å²) >= 11 is 0. The molecule has 0 radical (unpaired) electrons. The summed E-state index contributed by atoms with van der Waals surface area (Å²) in [4.78, 5) is 38.2. The average Bonchev–Trinajstić information content (AvgIpc) is 2.12. The van der Waals surface area contributed by atoms with Crippen LogP contribution in [0.2, 0.25) is 0 Å². The van der Waals surface area contributed by atoms with Crippen LogP contribution in [0.25, 0.3) is 0 Å². The van der Waals surface area contributed by atoms with Gasteiger partial charge in [0.1, 0.15) is 0 Å². The Bertz CT molecular complexity index is 275. The molecule has 0 aromatic rings. The Morgan fingerprint density at radius 1 is 0.474 bits per heavy atom. The van der Waals surface area contributed by atoms with Gasteiger partial charge in [-0.05, 0) is 0 Å². The molecule has 0 heterocycles. The highest BCUT2D eigenvalue weighted by atomic mass is 16.4. The molecule has 0 spiro atoms. The fraction of sp³-hybridized carbons (Fsp3) is 0. The number of hydrogen-bond donors (Lipinski definition) is 4. The van der Waals surface area contributed by atoms with Crippen molar-refractivity contribution in [3.8, 4) is 0 Å². The zero-order valence-corrected chi connectivity index (χ0v) is 9.23. The molecule has 0 aromatic heterocycles. The van der Waals surface area contributed by atoms with Crippen molar-refractivity contribution in [2.24, 2.45) is 0 Å². The highest BCUT2D eigenvalue weighted by Gasteiger charge is 1.88. The van der Waals surface area contributed by atoms with Gasteiger partial charge in [-0.2, -0.15) is 0 Å². The van der Waals surface area contributed by atoms with Crippen LogP contribution in [0.15, 0.2) is 24.3 Å². The second-order valence-electron chi connectivity index (χ2n) is 2.02. The molecule has 0 aliphatic rings. The van der Waals surface area contributed by atoms with Crippen molar-refractivity contribution in [3.05, 3.63) is 24.3 Å².